The number of benzene rings is 1. The molecule has 1 aromatic heterocycles. The number of aromatic nitrogens is 2. The Bertz CT molecular complexity index is 711. The minimum absolute atomic E-state index is 0.0462. The van der Waals surface area contributed by atoms with Crippen LogP contribution in [0.4, 0.5) is 0 Å². The van der Waals surface area contributed by atoms with E-state index in [4.69, 9.17) is 4.74 Å². The van der Waals surface area contributed by atoms with E-state index in [1.54, 1.807) is 0 Å². The molecule has 0 fully saturated rings. The number of hydrogen-bond acceptors (Lipinski definition) is 3. The molecule has 0 aliphatic rings. The van der Waals surface area contributed by atoms with Crippen molar-refractivity contribution in [3.63, 3.8) is 0 Å². The van der Waals surface area contributed by atoms with E-state index in [1.165, 1.54) is 10.2 Å². The minimum atomic E-state index is -0.164. The summed E-state index contributed by atoms with van der Waals surface area (Å²) in [4.78, 5) is 12.4. The van der Waals surface area contributed by atoms with Gasteiger partial charge in [0.05, 0.1) is 10.2 Å². The highest BCUT2D eigenvalue weighted by atomic mass is 79.9. The van der Waals surface area contributed by atoms with E-state index in [9.17, 15) is 4.79 Å². The maximum Gasteiger partial charge on any atom is 0.284 e. The molecule has 23 heavy (non-hydrogen) atoms. The zero-order chi connectivity index (χ0) is 17.0. The Morgan fingerprint density at radius 1 is 1.30 bits per heavy atom. The average molecular weight is 444 g/mol. The lowest BCUT2D eigenvalue weighted by Crippen LogP contribution is -2.22. The largest absolute Gasteiger partial charge is 0.482 e. The first-order valence-corrected chi connectivity index (χ1v) is 9.18. The first-order valence-electron chi connectivity index (χ1n) is 7.60. The van der Waals surface area contributed by atoms with E-state index in [0.717, 1.165) is 39.6 Å². The topological polar surface area (TPSA) is 44.1 Å². The van der Waals surface area contributed by atoms with Gasteiger partial charge in [0, 0.05) is 10.2 Å². The SMILES string of the molecule is CCCCc1c(C)nn(C(=O)COc2ccc(Br)cc2Br)c1C. The van der Waals surface area contributed by atoms with Crippen molar-refractivity contribution >= 4 is 37.8 Å². The monoisotopic (exact) mass is 442 g/mol. The van der Waals surface area contributed by atoms with Crippen LogP contribution in [0.3, 0.4) is 0 Å². The van der Waals surface area contributed by atoms with Crippen LogP contribution in [0.15, 0.2) is 27.1 Å². The highest BCUT2D eigenvalue weighted by Gasteiger charge is 2.17. The smallest absolute Gasteiger partial charge is 0.284 e. The molecule has 0 bridgehead atoms. The van der Waals surface area contributed by atoms with Crippen LogP contribution in [0.2, 0.25) is 0 Å². The molecular formula is C17H20Br2N2O2. The second-order valence-corrected chi connectivity index (χ2v) is 7.19. The predicted octanol–water partition coefficient (Wildman–Crippen LogP) is 5.09. The number of unbranched alkanes of at least 4 members (excludes halogenated alkanes) is 1. The van der Waals surface area contributed by atoms with Gasteiger partial charge in [0.25, 0.3) is 5.91 Å². The third kappa shape index (κ3) is 4.44. The molecule has 0 aliphatic heterocycles. The quantitative estimate of drug-likeness (QED) is 0.624. The Hall–Kier alpha value is -1.14. The third-order valence-electron chi connectivity index (χ3n) is 3.70. The number of carbonyl (C=O) groups excluding carboxylic acids is 1. The maximum atomic E-state index is 12.4. The van der Waals surface area contributed by atoms with Crippen LogP contribution in [-0.4, -0.2) is 22.3 Å². The molecule has 0 aliphatic carbocycles. The maximum absolute atomic E-state index is 12.4. The molecule has 0 saturated heterocycles. The highest BCUT2D eigenvalue weighted by Crippen LogP contribution is 2.28. The van der Waals surface area contributed by atoms with Gasteiger partial charge in [-0.15, -0.1) is 0 Å². The zero-order valence-corrected chi connectivity index (χ0v) is 16.7. The van der Waals surface area contributed by atoms with Gasteiger partial charge >= 0.3 is 0 Å². The van der Waals surface area contributed by atoms with Gasteiger partial charge in [0.15, 0.2) is 6.61 Å². The van der Waals surface area contributed by atoms with Crippen molar-refractivity contribution in [3.8, 4) is 5.75 Å². The van der Waals surface area contributed by atoms with E-state index in [-0.39, 0.29) is 12.5 Å². The summed E-state index contributed by atoms with van der Waals surface area (Å²) in [5.41, 5.74) is 3.01. The molecule has 0 unspecified atom stereocenters. The number of aryl methyl sites for hydroxylation is 1. The molecule has 0 atom stereocenters. The van der Waals surface area contributed by atoms with Gasteiger partial charge in [-0.3, -0.25) is 4.79 Å². The molecule has 0 spiro atoms. The first-order chi connectivity index (χ1) is 10.9. The van der Waals surface area contributed by atoms with Crippen molar-refractivity contribution in [2.24, 2.45) is 0 Å². The van der Waals surface area contributed by atoms with E-state index in [0.29, 0.717) is 5.75 Å². The standard InChI is InChI=1S/C17H20Br2N2O2/c1-4-5-6-14-11(2)20-21(12(14)3)17(22)10-23-16-8-7-13(18)9-15(16)19/h7-9H,4-6,10H2,1-3H3. The molecule has 1 heterocycles. The van der Waals surface area contributed by atoms with Crippen LogP contribution in [0, 0.1) is 13.8 Å². The van der Waals surface area contributed by atoms with Crippen molar-refractivity contribution in [3.05, 3.63) is 44.1 Å². The van der Waals surface area contributed by atoms with Crippen LogP contribution in [-0.2, 0) is 6.42 Å². The van der Waals surface area contributed by atoms with Crippen LogP contribution in [0.5, 0.6) is 5.75 Å². The second kappa shape index (κ2) is 8.11. The number of hydrogen-bond donors (Lipinski definition) is 0. The molecule has 6 heteroatoms. The van der Waals surface area contributed by atoms with Crippen LogP contribution in [0.25, 0.3) is 0 Å². The Morgan fingerprint density at radius 2 is 2.04 bits per heavy atom. The molecule has 1 aromatic carbocycles. The van der Waals surface area contributed by atoms with Crippen molar-refractivity contribution in [2.75, 3.05) is 6.61 Å². The van der Waals surface area contributed by atoms with Gasteiger partial charge in [-0.25, -0.2) is 4.68 Å². The number of ether oxygens (including phenoxy) is 1. The summed E-state index contributed by atoms with van der Waals surface area (Å²) in [6, 6.07) is 5.57. The molecule has 2 aromatic rings. The number of halogens is 2. The molecule has 4 nitrogen and oxygen atoms in total. The van der Waals surface area contributed by atoms with Gasteiger partial charge in [-0.05, 0) is 66.4 Å². The Balaban J connectivity index is 2.09. The van der Waals surface area contributed by atoms with Crippen LogP contribution < -0.4 is 4.74 Å². The predicted molar refractivity (Wildman–Crippen MR) is 98.3 cm³/mol. The van der Waals surface area contributed by atoms with Crippen molar-refractivity contribution in [2.45, 2.75) is 40.0 Å². The number of nitrogens with zero attached hydrogens (tertiary/aromatic N) is 2. The van der Waals surface area contributed by atoms with Gasteiger partial charge < -0.3 is 4.74 Å². The van der Waals surface area contributed by atoms with Crippen molar-refractivity contribution < 1.29 is 9.53 Å². The summed E-state index contributed by atoms with van der Waals surface area (Å²) < 4.78 is 8.83. The molecular weight excluding hydrogens is 424 g/mol. The van der Waals surface area contributed by atoms with E-state index in [1.807, 2.05) is 32.0 Å². The Morgan fingerprint density at radius 3 is 2.70 bits per heavy atom. The van der Waals surface area contributed by atoms with Gasteiger partial charge in [-0.1, -0.05) is 29.3 Å². The minimum Gasteiger partial charge on any atom is -0.482 e. The second-order valence-electron chi connectivity index (χ2n) is 5.42. The zero-order valence-electron chi connectivity index (χ0n) is 13.5. The summed E-state index contributed by atoms with van der Waals surface area (Å²) >= 11 is 6.81. The lowest BCUT2D eigenvalue weighted by molar-refractivity contribution is 0.0817. The summed E-state index contributed by atoms with van der Waals surface area (Å²) in [6.07, 6.45) is 3.18. The fourth-order valence-corrected chi connectivity index (χ4v) is 3.59. The Kier molecular flexibility index (Phi) is 6.41. The summed E-state index contributed by atoms with van der Waals surface area (Å²) in [7, 11) is 0. The molecule has 2 rings (SSSR count). The third-order valence-corrected chi connectivity index (χ3v) is 4.82. The van der Waals surface area contributed by atoms with E-state index >= 15 is 0 Å². The van der Waals surface area contributed by atoms with Gasteiger partial charge in [0.1, 0.15) is 5.75 Å². The Labute approximate surface area is 153 Å². The normalized spacial score (nSPS) is 10.8. The molecule has 0 N–H and O–H groups in total. The number of carbonyl (C=O) groups is 1. The van der Waals surface area contributed by atoms with E-state index in [2.05, 4.69) is 43.9 Å². The van der Waals surface area contributed by atoms with Gasteiger partial charge in [-0.2, -0.15) is 5.10 Å². The first kappa shape index (κ1) is 18.2. The lowest BCUT2D eigenvalue weighted by atomic mass is 10.1. The van der Waals surface area contributed by atoms with Crippen LogP contribution in [0.1, 0.15) is 41.5 Å². The van der Waals surface area contributed by atoms with Crippen LogP contribution >= 0.6 is 31.9 Å². The molecule has 0 radical (unpaired) electrons. The average Bonchev–Trinajstić information content (AvgIpc) is 2.79. The van der Waals surface area contributed by atoms with Crippen molar-refractivity contribution in [1.82, 2.24) is 9.78 Å². The molecule has 0 amide bonds. The summed E-state index contributed by atoms with van der Waals surface area (Å²) in [5.74, 6) is 0.470. The molecule has 0 saturated carbocycles. The van der Waals surface area contributed by atoms with E-state index < -0.39 is 0 Å². The lowest BCUT2D eigenvalue weighted by Gasteiger charge is -2.09. The molecule has 124 valence electrons. The fraction of sp³-hybridized carbons (Fsp3) is 0.412. The van der Waals surface area contributed by atoms with Gasteiger partial charge in [0.2, 0.25) is 0 Å². The highest BCUT2D eigenvalue weighted by molar-refractivity contribution is 9.11. The summed E-state index contributed by atoms with van der Waals surface area (Å²) in [5, 5.41) is 4.38. The summed E-state index contributed by atoms with van der Waals surface area (Å²) in [6.45, 7) is 6.01. The van der Waals surface area contributed by atoms with Crippen molar-refractivity contribution in [1.29, 1.82) is 0 Å². The number of rotatable bonds is 6. The fourth-order valence-electron chi connectivity index (χ4n) is 2.43.